The molecule has 0 spiro atoms. The molecule has 14 heavy (non-hydrogen) atoms. The molecule has 0 saturated carbocycles. The maximum atomic E-state index is 8.73. The summed E-state index contributed by atoms with van der Waals surface area (Å²) < 4.78 is 9.53. The molecule has 4 heteroatoms. The molecule has 4 nitrogen and oxygen atoms in total. The molecule has 0 aliphatic rings. The Labute approximate surface area is 86.8 Å². The largest absolute Gasteiger partial charge is 0.394 e. The van der Waals surface area contributed by atoms with E-state index in [1.165, 1.54) is 0 Å². The fraction of sp³-hybridized carbons (Fsp3) is 1.00. The number of methoxy groups -OCH3 is 1. The molecular weight excluding hydrogens is 184 g/mol. The molecule has 0 radical (unpaired) electrons. The van der Waals surface area contributed by atoms with E-state index in [4.69, 9.17) is 14.9 Å². The minimum Gasteiger partial charge on any atom is -0.394 e. The molecule has 0 rings (SSSR count). The molecule has 88 valence electrons. The van der Waals surface area contributed by atoms with Gasteiger partial charge in [-0.3, -0.25) is 0 Å². The summed E-state index contributed by atoms with van der Waals surface area (Å²) in [5.41, 5.74) is 0. The highest BCUT2D eigenvalue weighted by molar-refractivity contribution is 4.40. The van der Waals surface area contributed by atoms with E-state index in [0.717, 1.165) is 19.4 Å². The Bertz CT molecular complexity index is 84.2. The van der Waals surface area contributed by atoms with Crippen LogP contribution in [0.15, 0.2) is 0 Å². The fourth-order valence-electron chi connectivity index (χ4n) is 0.592. The zero-order valence-electron chi connectivity index (χ0n) is 9.53. The lowest BCUT2D eigenvalue weighted by molar-refractivity contribution is 0.0450. The zero-order valence-corrected chi connectivity index (χ0v) is 9.53. The van der Waals surface area contributed by atoms with Gasteiger partial charge in [-0.15, -0.1) is 0 Å². The SMILES string of the molecule is CCCCOCC(C)O.COCCO. The van der Waals surface area contributed by atoms with Gasteiger partial charge in [-0.1, -0.05) is 13.3 Å². The smallest absolute Gasteiger partial charge is 0.0745 e. The first-order valence-corrected chi connectivity index (χ1v) is 5.04. The van der Waals surface area contributed by atoms with Crippen LogP contribution in [0.4, 0.5) is 0 Å². The second kappa shape index (κ2) is 15.3. The Kier molecular flexibility index (Phi) is 17.8. The average Bonchev–Trinajstić information content (AvgIpc) is 2.15. The predicted molar refractivity (Wildman–Crippen MR) is 56.4 cm³/mol. The number of ether oxygens (including phenoxy) is 2. The van der Waals surface area contributed by atoms with Gasteiger partial charge < -0.3 is 19.7 Å². The number of unbranched alkanes of at least 4 members (excludes halogenated alkanes) is 1. The minimum atomic E-state index is -0.318. The van der Waals surface area contributed by atoms with Gasteiger partial charge in [-0.2, -0.15) is 0 Å². The van der Waals surface area contributed by atoms with Crippen LogP contribution in [0.5, 0.6) is 0 Å². The average molecular weight is 208 g/mol. The molecule has 1 unspecified atom stereocenters. The first-order valence-electron chi connectivity index (χ1n) is 5.04. The third-order valence-electron chi connectivity index (χ3n) is 1.30. The van der Waals surface area contributed by atoms with Crippen LogP contribution < -0.4 is 0 Å². The molecule has 0 heterocycles. The van der Waals surface area contributed by atoms with Crippen molar-refractivity contribution in [1.82, 2.24) is 0 Å². The highest BCUT2D eigenvalue weighted by Gasteiger charge is 1.92. The molecule has 0 amide bonds. The van der Waals surface area contributed by atoms with Crippen molar-refractivity contribution in [2.45, 2.75) is 32.8 Å². The summed E-state index contributed by atoms with van der Waals surface area (Å²) in [5, 5.41) is 16.7. The third kappa shape index (κ3) is 22.6. The van der Waals surface area contributed by atoms with Gasteiger partial charge >= 0.3 is 0 Å². The van der Waals surface area contributed by atoms with Gasteiger partial charge in [-0.25, -0.2) is 0 Å². The third-order valence-corrected chi connectivity index (χ3v) is 1.30. The Hall–Kier alpha value is -0.160. The van der Waals surface area contributed by atoms with E-state index < -0.39 is 0 Å². The molecule has 0 aromatic rings. The van der Waals surface area contributed by atoms with Gasteiger partial charge in [0.1, 0.15) is 0 Å². The molecule has 0 bridgehead atoms. The van der Waals surface area contributed by atoms with Crippen LogP contribution in [-0.2, 0) is 9.47 Å². The van der Waals surface area contributed by atoms with E-state index in [9.17, 15) is 0 Å². The van der Waals surface area contributed by atoms with Gasteiger partial charge in [0.25, 0.3) is 0 Å². The predicted octanol–water partition coefficient (Wildman–Crippen LogP) is 0.809. The minimum absolute atomic E-state index is 0.122. The van der Waals surface area contributed by atoms with E-state index in [1.807, 2.05) is 0 Å². The molecule has 1 atom stereocenters. The number of rotatable bonds is 7. The van der Waals surface area contributed by atoms with Gasteiger partial charge in [0, 0.05) is 13.7 Å². The first kappa shape index (κ1) is 16.3. The molecule has 0 aromatic carbocycles. The van der Waals surface area contributed by atoms with Crippen LogP contribution in [0.3, 0.4) is 0 Å². The van der Waals surface area contributed by atoms with Crippen LogP contribution >= 0.6 is 0 Å². The molecule has 0 fully saturated rings. The normalized spacial score (nSPS) is 11.8. The lowest BCUT2D eigenvalue weighted by Gasteiger charge is -2.03. The van der Waals surface area contributed by atoms with E-state index in [-0.39, 0.29) is 12.7 Å². The summed E-state index contributed by atoms with van der Waals surface area (Å²) in [6.07, 6.45) is 1.92. The van der Waals surface area contributed by atoms with E-state index in [0.29, 0.717) is 13.2 Å². The summed E-state index contributed by atoms with van der Waals surface area (Å²) in [7, 11) is 1.55. The van der Waals surface area contributed by atoms with Gasteiger partial charge in [0.2, 0.25) is 0 Å². The summed E-state index contributed by atoms with van der Waals surface area (Å²) >= 11 is 0. The van der Waals surface area contributed by atoms with E-state index in [2.05, 4.69) is 11.7 Å². The van der Waals surface area contributed by atoms with Crippen molar-refractivity contribution in [3.8, 4) is 0 Å². The molecule has 0 saturated heterocycles. The topological polar surface area (TPSA) is 58.9 Å². The van der Waals surface area contributed by atoms with Gasteiger partial charge in [-0.05, 0) is 13.3 Å². The molecular formula is C10H24O4. The van der Waals surface area contributed by atoms with E-state index >= 15 is 0 Å². The molecule has 0 aliphatic carbocycles. The van der Waals surface area contributed by atoms with E-state index in [1.54, 1.807) is 14.0 Å². The highest BCUT2D eigenvalue weighted by atomic mass is 16.5. The Morgan fingerprint density at radius 2 is 1.93 bits per heavy atom. The maximum absolute atomic E-state index is 8.73. The Morgan fingerprint density at radius 3 is 2.21 bits per heavy atom. The van der Waals surface area contributed by atoms with Crippen molar-refractivity contribution in [2.75, 3.05) is 33.5 Å². The van der Waals surface area contributed by atoms with Crippen LogP contribution in [0.1, 0.15) is 26.7 Å². The number of hydrogen-bond acceptors (Lipinski definition) is 4. The van der Waals surface area contributed by atoms with Crippen LogP contribution in [0.25, 0.3) is 0 Å². The molecule has 0 aromatic heterocycles. The van der Waals surface area contributed by atoms with Crippen molar-refractivity contribution >= 4 is 0 Å². The van der Waals surface area contributed by atoms with Crippen molar-refractivity contribution in [1.29, 1.82) is 0 Å². The van der Waals surface area contributed by atoms with Crippen LogP contribution in [-0.4, -0.2) is 49.9 Å². The number of aliphatic hydroxyl groups is 2. The van der Waals surface area contributed by atoms with Gasteiger partial charge in [0.05, 0.1) is 25.9 Å². The monoisotopic (exact) mass is 208 g/mol. The summed E-state index contributed by atoms with van der Waals surface area (Å²) in [4.78, 5) is 0. The highest BCUT2D eigenvalue weighted by Crippen LogP contribution is 1.89. The van der Waals surface area contributed by atoms with Crippen LogP contribution in [0.2, 0.25) is 0 Å². The maximum Gasteiger partial charge on any atom is 0.0745 e. The Balaban J connectivity index is 0. The lowest BCUT2D eigenvalue weighted by Crippen LogP contribution is -2.10. The quantitative estimate of drug-likeness (QED) is 0.608. The van der Waals surface area contributed by atoms with Crippen molar-refractivity contribution in [3.05, 3.63) is 0 Å². The van der Waals surface area contributed by atoms with Crippen molar-refractivity contribution in [2.24, 2.45) is 0 Å². The molecule has 2 N–H and O–H groups in total. The molecule has 0 aliphatic heterocycles. The van der Waals surface area contributed by atoms with Crippen molar-refractivity contribution < 1.29 is 19.7 Å². The van der Waals surface area contributed by atoms with Crippen molar-refractivity contribution in [3.63, 3.8) is 0 Å². The second-order valence-corrected chi connectivity index (χ2v) is 2.99. The summed E-state index contributed by atoms with van der Waals surface area (Å²) in [5.74, 6) is 0. The van der Waals surface area contributed by atoms with Crippen LogP contribution in [0, 0.1) is 0 Å². The fourth-order valence-corrected chi connectivity index (χ4v) is 0.592. The second-order valence-electron chi connectivity index (χ2n) is 2.99. The summed E-state index contributed by atoms with van der Waals surface area (Å²) in [6.45, 7) is 5.66. The Morgan fingerprint density at radius 1 is 1.29 bits per heavy atom. The number of aliphatic hydroxyl groups excluding tert-OH is 2. The number of hydrogen-bond donors (Lipinski definition) is 2. The van der Waals surface area contributed by atoms with Gasteiger partial charge in [0.15, 0.2) is 0 Å². The lowest BCUT2D eigenvalue weighted by atomic mass is 10.4. The standard InChI is InChI=1S/C7H16O2.C3H8O2/c1-3-4-5-9-6-7(2)8;1-5-3-2-4/h7-8H,3-6H2,1-2H3;4H,2-3H2,1H3. The first-order chi connectivity index (χ1) is 6.68. The summed E-state index contributed by atoms with van der Waals surface area (Å²) in [6, 6.07) is 0. The zero-order chi connectivity index (χ0) is 11.2.